The number of hydrogen-bond acceptors (Lipinski definition) is 4. The molecular formula is C14H24O4. The van der Waals surface area contributed by atoms with E-state index in [0.717, 1.165) is 30.4 Å². The third-order valence-corrected chi connectivity index (χ3v) is 3.84. The van der Waals surface area contributed by atoms with Crippen LogP contribution in [-0.4, -0.2) is 33.6 Å². The Bertz CT molecular complexity index is 331. The van der Waals surface area contributed by atoms with Crippen LogP contribution in [0.25, 0.3) is 0 Å². The van der Waals surface area contributed by atoms with Crippen molar-refractivity contribution in [3.63, 3.8) is 0 Å². The van der Waals surface area contributed by atoms with E-state index in [1.807, 2.05) is 6.92 Å². The molecule has 18 heavy (non-hydrogen) atoms. The van der Waals surface area contributed by atoms with Crippen LogP contribution in [0.4, 0.5) is 0 Å². The molecule has 0 amide bonds. The zero-order valence-electron chi connectivity index (χ0n) is 12.0. The number of allylic oxidation sites excluding steroid dienone is 1. The first-order chi connectivity index (χ1) is 8.48. The molecule has 0 saturated heterocycles. The second-order valence-electron chi connectivity index (χ2n) is 5.17. The van der Waals surface area contributed by atoms with Crippen molar-refractivity contribution in [1.29, 1.82) is 0 Å². The highest BCUT2D eigenvalue weighted by Gasteiger charge is 2.39. The molecule has 0 aromatic carbocycles. The SMILES string of the molecule is COC(=O)C1=C(C)CCCC1(C)CC(OC)OC. The van der Waals surface area contributed by atoms with Crippen molar-refractivity contribution < 1.29 is 19.0 Å². The summed E-state index contributed by atoms with van der Waals surface area (Å²) in [5.41, 5.74) is 1.70. The molecule has 0 radical (unpaired) electrons. The molecule has 0 N–H and O–H groups in total. The summed E-state index contributed by atoms with van der Waals surface area (Å²) in [6, 6.07) is 0. The third-order valence-electron chi connectivity index (χ3n) is 3.84. The fraction of sp³-hybridized carbons (Fsp3) is 0.786. The molecule has 0 spiro atoms. The summed E-state index contributed by atoms with van der Waals surface area (Å²) >= 11 is 0. The Morgan fingerprint density at radius 3 is 2.44 bits per heavy atom. The van der Waals surface area contributed by atoms with Crippen molar-refractivity contribution in [3.05, 3.63) is 11.1 Å². The van der Waals surface area contributed by atoms with Gasteiger partial charge in [0.05, 0.1) is 7.11 Å². The molecule has 4 nitrogen and oxygen atoms in total. The number of methoxy groups -OCH3 is 3. The first-order valence-corrected chi connectivity index (χ1v) is 6.32. The highest BCUT2D eigenvalue weighted by molar-refractivity contribution is 5.91. The fourth-order valence-electron chi connectivity index (χ4n) is 2.87. The molecule has 0 heterocycles. The van der Waals surface area contributed by atoms with Crippen LogP contribution in [0.1, 0.15) is 39.5 Å². The van der Waals surface area contributed by atoms with Gasteiger partial charge in [-0.05, 0) is 26.2 Å². The Morgan fingerprint density at radius 2 is 1.94 bits per heavy atom. The molecule has 1 aliphatic carbocycles. The van der Waals surface area contributed by atoms with E-state index in [-0.39, 0.29) is 17.7 Å². The van der Waals surface area contributed by atoms with Crippen LogP contribution in [0.2, 0.25) is 0 Å². The number of hydrogen-bond donors (Lipinski definition) is 0. The minimum absolute atomic E-state index is 0.222. The molecule has 0 saturated carbocycles. The van der Waals surface area contributed by atoms with E-state index in [1.54, 1.807) is 14.2 Å². The van der Waals surface area contributed by atoms with Crippen molar-refractivity contribution in [1.82, 2.24) is 0 Å². The Labute approximate surface area is 109 Å². The van der Waals surface area contributed by atoms with Crippen molar-refractivity contribution in [3.8, 4) is 0 Å². The van der Waals surface area contributed by atoms with Crippen molar-refractivity contribution >= 4 is 5.97 Å². The van der Waals surface area contributed by atoms with E-state index in [0.29, 0.717) is 6.42 Å². The van der Waals surface area contributed by atoms with Gasteiger partial charge in [0.1, 0.15) is 0 Å². The number of ether oxygens (including phenoxy) is 3. The molecule has 0 aromatic heterocycles. The third kappa shape index (κ3) is 3.12. The molecule has 104 valence electrons. The Hall–Kier alpha value is -0.870. The van der Waals surface area contributed by atoms with E-state index in [9.17, 15) is 4.79 Å². The lowest BCUT2D eigenvalue weighted by molar-refractivity contribution is -0.141. The maximum absolute atomic E-state index is 12.0. The lowest BCUT2D eigenvalue weighted by Crippen LogP contribution is -2.34. The minimum atomic E-state index is -0.291. The number of rotatable bonds is 5. The van der Waals surface area contributed by atoms with Crippen molar-refractivity contribution in [2.45, 2.75) is 45.8 Å². The predicted molar refractivity (Wildman–Crippen MR) is 69.1 cm³/mol. The van der Waals surface area contributed by atoms with Gasteiger partial charge in [-0.2, -0.15) is 0 Å². The molecule has 0 bridgehead atoms. The average molecular weight is 256 g/mol. The maximum Gasteiger partial charge on any atom is 0.334 e. The molecule has 0 aromatic rings. The molecule has 1 aliphatic rings. The van der Waals surface area contributed by atoms with Gasteiger partial charge in [-0.25, -0.2) is 4.79 Å². The maximum atomic E-state index is 12.0. The predicted octanol–water partition coefficient (Wildman–Crippen LogP) is 2.68. The van der Waals surface area contributed by atoms with Crippen LogP contribution in [0.5, 0.6) is 0 Å². The van der Waals surface area contributed by atoms with Crippen molar-refractivity contribution in [2.24, 2.45) is 5.41 Å². The zero-order chi connectivity index (χ0) is 13.8. The van der Waals surface area contributed by atoms with Gasteiger partial charge >= 0.3 is 5.97 Å². The first-order valence-electron chi connectivity index (χ1n) is 6.32. The summed E-state index contributed by atoms with van der Waals surface area (Å²) in [5.74, 6) is -0.222. The monoisotopic (exact) mass is 256 g/mol. The lowest BCUT2D eigenvalue weighted by atomic mass is 9.69. The summed E-state index contributed by atoms with van der Waals surface area (Å²) in [7, 11) is 4.67. The van der Waals surface area contributed by atoms with Gasteiger partial charge in [-0.15, -0.1) is 0 Å². The van der Waals surface area contributed by atoms with Crippen LogP contribution < -0.4 is 0 Å². The first kappa shape index (κ1) is 15.2. The zero-order valence-corrected chi connectivity index (χ0v) is 12.0. The minimum Gasteiger partial charge on any atom is -0.466 e. The van der Waals surface area contributed by atoms with E-state index in [1.165, 1.54) is 7.11 Å². The van der Waals surface area contributed by atoms with E-state index in [4.69, 9.17) is 14.2 Å². The summed E-state index contributed by atoms with van der Waals surface area (Å²) in [6.45, 7) is 4.10. The second-order valence-corrected chi connectivity index (χ2v) is 5.17. The van der Waals surface area contributed by atoms with Gasteiger partial charge in [0.25, 0.3) is 0 Å². The Balaban J connectivity index is 3.02. The quantitative estimate of drug-likeness (QED) is 0.560. The largest absolute Gasteiger partial charge is 0.466 e. The molecule has 4 heteroatoms. The standard InChI is InChI=1S/C14H24O4/c1-10-7-6-8-14(2,9-11(16-3)17-4)12(10)13(15)18-5/h11H,6-9H2,1-5H3. The average Bonchev–Trinajstić information content (AvgIpc) is 2.35. The summed E-state index contributed by atoms with van der Waals surface area (Å²) in [6.07, 6.45) is 3.38. The number of carbonyl (C=O) groups is 1. The second kappa shape index (κ2) is 6.34. The van der Waals surface area contributed by atoms with Crippen molar-refractivity contribution in [2.75, 3.05) is 21.3 Å². The normalized spacial score (nSPS) is 24.6. The fourth-order valence-corrected chi connectivity index (χ4v) is 2.87. The molecular weight excluding hydrogens is 232 g/mol. The molecule has 1 atom stereocenters. The Morgan fingerprint density at radius 1 is 1.33 bits per heavy atom. The van der Waals surface area contributed by atoms with Gasteiger partial charge in [0, 0.05) is 31.6 Å². The van der Waals surface area contributed by atoms with E-state index in [2.05, 4.69) is 6.92 Å². The van der Waals surface area contributed by atoms with E-state index < -0.39 is 0 Å². The van der Waals surface area contributed by atoms with Gasteiger partial charge in [0.15, 0.2) is 6.29 Å². The van der Waals surface area contributed by atoms with Gasteiger partial charge in [-0.1, -0.05) is 12.5 Å². The summed E-state index contributed by atoms with van der Waals surface area (Å²) in [5, 5.41) is 0. The lowest BCUT2D eigenvalue weighted by Gasteiger charge is -2.37. The molecule has 0 fully saturated rings. The van der Waals surface area contributed by atoms with Crippen LogP contribution >= 0.6 is 0 Å². The molecule has 0 aliphatic heterocycles. The van der Waals surface area contributed by atoms with Gasteiger partial charge in [-0.3, -0.25) is 0 Å². The van der Waals surface area contributed by atoms with Gasteiger partial charge in [0.2, 0.25) is 0 Å². The Kier molecular flexibility index (Phi) is 5.35. The van der Waals surface area contributed by atoms with Crippen LogP contribution in [0, 0.1) is 5.41 Å². The topological polar surface area (TPSA) is 44.8 Å². The van der Waals surface area contributed by atoms with Crippen LogP contribution in [-0.2, 0) is 19.0 Å². The number of esters is 1. The summed E-state index contributed by atoms with van der Waals surface area (Å²) < 4.78 is 15.5. The highest BCUT2D eigenvalue weighted by Crippen LogP contribution is 2.44. The van der Waals surface area contributed by atoms with Crippen LogP contribution in [0.15, 0.2) is 11.1 Å². The number of carbonyl (C=O) groups excluding carboxylic acids is 1. The molecule has 1 rings (SSSR count). The highest BCUT2D eigenvalue weighted by atomic mass is 16.7. The summed E-state index contributed by atoms with van der Waals surface area (Å²) in [4.78, 5) is 12.0. The van der Waals surface area contributed by atoms with Gasteiger partial charge < -0.3 is 14.2 Å². The smallest absolute Gasteiger partial charge is 0.334 e. The van der Waals surface area contributed by atoms with Crippen LogP contribution in [0.3, 0.4) is 0 Å². The molecule has 1 unspecified atom stereocenters. The van der Waals surface area contributed by atoms with E-state index >= 15 is 0 Å².